The van der Waals surface area contributed by atoms with E-state index in [1.165, 1.54) is 0 Å². The van der Waals surface area contributed by atoms with Crippen LogP contribution in [-0.2, 0) is 0 Å². The third kappa shape index (κ3) is 3.61. The van der Waals surface area contributed by atoms with E-state index in [9.17, 15) is 0 Å². The predicted molar refractivity (Wildman–Crippen MR) is 107 cm³/mol. The first-order chi connectivity index (χ1) is 19.9. The molecule has 0 saturated carbocycles. The standard InChI is InChI=1S/C24H19N/c1-3-7-19(8-4-1)20-11-13-21(14-12-20)22-15-17-24(18-16-22)25-23-9-5-2-6-10-23/h1-18,25H/i1D,2D,3D,4D,5D,6D,7D,8D,9D,10D,11D,12D,13D,14D,15D,16D,17D,18D. The maximum Gasteiger partial charge on any atom is 0.0645 e. The van der Waals surface area contributed by atoms with E-state index in [1.807, 2.05) is 0 Å². The summed E-state index contributed by atoms with van der Waals surface area (Å²) in [7, 11) is 0. The number of nitrogens with one attached hydrogen (secondary N) is 1. The van der Waals surface area contributed by atoms with Gasteiger partial charge in [-0.2, -0.15) is 0 Å². The second kappa shape index (κ2) is 7.06. The van der Waals surface area contributed by atoms with Gasteiger partial charge in [-0.05, 0) is 46.4 Å². The van der Waals surface area contributed by atoms with Crippen LogP contribution in [0.1, 0.15) is 24.7 Å². The molecule has 0 atom stereocenters. The van der Waals surface area contributed by atoms with Crippen molar-refractivity contribution in [2.24, 2.45) is 0 Å². The molecule has 25 heavy (non-hydrogen) atoms. The maximum atomic E-state index is 8.58. The van der Waals surface area contributed by atoms with Gasteiger partial charge >= 0.3 is 0 Å². The van der Waals surface area contributed by atoms with Crippen LogP contribution in [0.25, 0.3) is 22.3 Å². The number of para-hydroxylation sites is 1. The van der Waals surface area contributed by atoms with Crippen LogP contribution in [0, 0.1) is 0 Å². The predicted octanol–water partition coefficient (Wildman–Crippen LogP) is 6.76. The van der Waals surface area contributed by atoms with Gasteiger partial charge in [-0.25, -0.2) is 0 Å². The van der Waals surface area contributed by atoms with E-state index in [1.54, 1.807) is 0 Å². The van der Waals surface area contributed by atoms with Crippen molar-refractivity contribution >= 4 is 11.4 Å². The summed E-state index contributed by atoms with van der Waals surface area (Å²) in [6.07, 6.45) is 0. The summed E-state index contributed by atoms with van der Waals surface area (Å²) < 4.78 is 148. The smallest absolute Gasteiger partial charge is 0.0645 e. The lowest BCUT2D eigenvalue weighted by Gasteiger charge is -2.08. The Bertz CT molecular complexity index is 1770. The summed E-state index contributed by atoms with van der Waals surface area (Å²) in [6.45, 7) is 0. The summed E-state index contributed by atoms with van der Waals surface area (Å²) in [5, 5.41) is 2.38. The van der Waals surface area contributed by atoms with Gasteiger partial charge in [0.2, 0.25) is 0 Å². The second-order valence-electron chi connectivity index (χ2n) is 4.62. The quantitative estimate of drug-likeness (QED) is 0.433. The van der Waals surface area contributed by atoms with Crippen LogP contribution in [0.2, 0.25) is 0 Å². The average molecular weight is 340 g/mol. The molecule has 4 aromatic carbocycles. The van der Waals surface area contributed by atoms with Crippen LogP contribution in [0.3, 0.4) is 0 Å². The van der Waals surface area contributed by atoms with Crippen molar-refractivity contribution in [2.45, 2.75) is 0 Å². The monoisotopic (exact) mass is 339 g/mol. The van der Waals surface area contributed by atoms with Crippen molar-refractivity contribution in [3.63, 3.8) is 0 Å². The number of hydrogen-bond acceptors (Lipinski definition) is 1. The van der Waals surface area contributed by atoms with Gasteiger partial charge in [-0.3, -0.25) is 0 Å². The molecule has 0 aromatic heterocycles. The summed E-state index contributed by atoms with van der Waals surface area (Å²) in [5.74, 6) is 0. The van der Waals surface area contributed by atoms with E-state index in [2.05, 4.69) is 5.32 Å². The highest BCUT2D eigenvalue weighted by atomic mass is 14.9. The Hall–Kier alpha value is -3.32. The van der Waals surface area contributed by atoms with Crippen LogP contribution in [-0.4, -0.2) is 0 Å². The van der Waals surface area contributed by atoms with Gasteiger partial charge < -0.3 is 5.32 Å². The molecule has 120 valence electrons. The number of hydrogen-bond donors (Lipinski definition) is 1. The Morgan fingerprint density at radius 1 is 0.400 bits per heavy atom. The van der Waals surface area contributed by atoms with Gasteiger partial charge in [-0.15, -0.1) is 0 Å². The largest absolute Gasteiger partial charge is 0.356 e. The van der Waals surface area contributed by atoms with Crippen molar-refractivity contribution in [2.75, 3.05) is 5.32 Å². The van der Waals surface area contributed by atoms with Crippen LogP contribution in [0.4, 0.5) is 11.4 Å². The lowest BCUT2D eigenvalue weighted by Crippen LogP contribution is -1.89. The first-order valence-corrected chi connectivity index (χ1v) is 7.00. The van der Waals surface area contributed by atoms with Gasteiger partial charge in [0.1, 0.15) is 0 Å². The number of rotatable bonds is 4. The molecule has 4 rings (SSSR count). The molecule has 1 nitrogen and oxygen atoms in total. The SMILES string of the molecule is [2H]c1c([2H])c([2H])c(Nc2c([2H])c([2H])c(-c3c([2H])c([2H])c(-c4c([2H])c([2H])c([2H])c([2H])c4[2H])c([2H])c3[2H])c([2H])c2[2H])c([2H])c1[2H]. The molecule has 0 aliphatic carbocycles. The molecule has 0 saturated heterocycles. The molecule has 0 fully saturated rings. The normalized spacial score (nSPS) is 20.5. The summed E-state index contributed by atoms with van der Waals surface area (Å²) >= 11 is 0. The Labute approximate surface area is 173 Å². The molecule has 4 aromatic rings. The van der Waals surface area contributed by atoms with E-state index in [0.717, 1.165) is 0 Å². The molecule has 0 unspecified atom stereocenters. The number of anilines is 2. The zero-order valence-corrected chi connectivity index (χ0v) is 12.5. The van der Waals surface area contributed by atoms with E-state index in [-0.39, 0.29) is 0 Å². The molecule has 0 heterocycles. The molecular formula is C24H19N. The van der Waals surface area contributed by atoms with E-state index < -0.39 is 142 Å². The minimum absolute atomic E-state index is 0.522. The van der Waals surface area contributed by atoms with Crippen LogP contribution in [0.5, 0.6) is 0 Å². The zero-order valence-electron chi connectivity index (χ0n) is 30.5. The Balaban J connectivity index is 2.01. The second-order valence-corrected chi connectivity index (χ2v) is 4.62. The average Bonchev–Trinajstić information content (AvgIpc) is 2.98. The van der Waals surface area contributed by atoms with Crippen molar-refractivity contribution in [1.82, 2.24) is 0 Å². The van der Waals surface area contributed by atoms with Crippen molar-refractivity contribution in [1.29, 1.82) is 0 Å². The van der Waals surface area contributed by atoms with Gasteiger partial charge in [0.15, 0.2) is 0 Å². The van der Waals surface area contributed by atoms with Gasteiger partial charge in [0.25, 0.3) is 0 Å². The Morgan fingerprint density at radius 3 is 1.28 bits per heavy atom. The molecule has 0 bridgehead atoms. The lowest BCUT2D eigenvalue weighted by molar-refractivity contribution is 1.54. The van der Waals surface area contributed by atoms with Crippen LogP contribution >= 0.6 is 0 Å². The third-order valence-electron chi connectivity index (χ3n) is 3.00. The van der Waals surface area contributed by atoms with Gasteiger partial charge in [0, 0.05) is 11.4 Å². The highest BCUT2D eigenvalue weighted by Crippen LogP contribution is 2.26. The molecule has 0 radical (unpaired) electrons. The van der Waals surface area contributed by atoms with E-state index in [4.69, 9.17) is 24.7 Å². The van der Waals surface area contributed by atoms with Gasteiger partial charge in [-0.1, -0.05) is 84.6 Å². The summed E-state index contributed by atoms with van der Waals surface area (Å²) in [6, 6.07) is -14.1. The fourth-order valence-electron chi connectivity index (χ4n) is 1.88. The van der Waals surface area contributed by atoms with Crippen LogP contribution in [0.15, 0.2) is 109 Å². The lowest BCUT2D eigenvalue weighted by atomic mass is 10.0. The molecule has 0 spiro atoms. The fourth-order valence-corrected chi connectivity index (χ4v) is 1.88. The maximum absolute atomic E-state index is 8.58. The van der Waals surface area contributed by atoms with Crippen molar-refractivity contribution in [3.05, 3.63) is 109 Å². The molecule has 1 N–H and O–H groups in total. The molecule has 0 aliphatic rings. The molecule has 1 heteroatoms. The molecule has 0 amide bonds. The summed E-state index contributed by atoms with van der Waals surface area (Å²) in [5.41, 5.74) is -3.61. The van der Waals surface area contributed by atoms with Crippen molar-refractivity contribution in [3.8, 4) is 22.3 Å². The van der Waals surface area contributed by atoms with Crippen LogP contribution < -0.4 is 5.32 Å². The highest BCUT2D eigenvalue weighted by molar-refractivity contribution is 5.72. The van der Waals surface area contributed by atoms with Gasteiger partial charge in [0.05, 0.1) is 24.7 Å². The minimum Gasteiger partial charge on any atom is -0.356 e. The zero-order chi connectivity index (χ0) is 32.6. The third-order valence-corrected chi connectivity index (χ3v) is 3.00. The summed E-state index contributed by atoms with van der Waals surface area (Å²) in [4.78, 5) is 0. The first-order valence-electron chi connectivity index (χ1n) is 16.0. The first kappa shape index (κ1) is 5.09. The molecular weight excluding hydrogens is 302 g/mol. The highest BCUT2D eigenvalue weighted by Gasteiger charge is 2.01. The van der Waals surface area contributed by atoms with E-state index >= 15 is 0 Å². The Morgan fingerprint density at radius 2 is 0.760 bits per heavy atom. The van der Waals surface area contributed by atoms with E-state index in [0.29, 0.717) is 0 Å². The van der Waals surface area contributed by atoms with Crippen molar-refractivity contribution < 1.29 is 24.7 Å². The fraction of sp³-hybridized carbons (Fsp3) is 0. The minimum atomic E-state index is -0.866. The number of benzene rings is 4. The molecule has 0 aliphatic heterocycles. The topological polar surface area (TPSA) is 12.0 Å². The Kier molecular flexibility index (Phi) is 1.44.